The quantitative estimate of drug-likeness (QED) is 0.472. The lowest BCUT2D eigenvalue weighted by Crippen LogP contribution is -1.90. The Bertz CT molecular complexity index is 542. The Hall–Kier alpha value is -1.63. The van der Waals surface area contributed by atoms with Gasteiger partial charge in [0.25, 0.3) is 0 Å². The standard InChI is InChI=1S/C18H23N/c1-3-4-5-8-13-19-15(2)17-12-11-16-9-6-7-10-18(16)14-17/h6-7,9-15H,3-5,8H2,1-2H3/b19-13+. The molecule has 1 atom stereocenters. The lowest BCUT2D eigenvalue weighted by Gasteiger charge is -2.08. The first kappa shape index (κ1) is 13.8. The zero-order valence-corrected chi connectivity index (χ0v) is 12.0. The van der Waals surface area contributed by atoms with Gasteiger partial charge < -0.3 is 0 Å². The third-order valence-electron chi connectivity index (χ3n) is 3.52. The van der Waals surface area contributed by atoms with E-state index < -0.39 is 0 Å². The minimum atomic E-state index is 0.256. The number of hydrogen-bond acceptors (Lipinski definition) is 1. The van der Waals surface area contributed by atoms with E-state index in [1.807, 2.05) is 0 Å². The van der Waals surface area contributed by atoms with Gasteiger partial charge in [0.05, 0.1) is 6.04 Å². The van der Waals surface area contributed by atoms with Crippen molar-refractivity contribution < 1.29 is 0 Å². The van der Waals surface area contributed by atoms with E-state index in [1.165, 1.54) is 35.6 Å². The van der Waals surface area contributed by atoms with Crippen LogP contribution in [-0.4, -0.2) is 6.21 Å². The van der Waals surface area contributed by atoms with Crippen LogP contribution >= 0.6 is 0 Å². The van der Waals surface area contributed by atoms with Crippen molar-refractivity contribution in [1.29, 1.82) is 0 Å². The van der Waals surface area contributed by atoms with Gasteiger partial charge in [-0.1, -0.05) is 56.2 Å². The average Bonchev–Trinajstić information content (AvgIpc) is 2.46. The van der Waals surface area contributed by atoms with Gasteiger partial charge in [0.1, 0.15) is 0 Å². The highest BCUT2D eigenvalue weighted by Gasteiger charge is 2.03. The second kappa shape index (κ2) is 7.08. The van der Waals surface area contributed by atoms with Crippen LogP contribution in [0.4, 0.5) is 0 Å². The van der Waals surface area contributed by atoms with Crippen LogP contribution in [0.1, 0.15) is 51.1 Å². The maximum Gasteiger partial charge on any atom is 0.0717 e. The Morgan fingerprint density at radius 3 is 2.63 bits per heavy atom. The molecule has 0 aliphatic heterocycles. The van der Waals surface area contributed by atoms with E-state index in [0.29, 0.717) is 0 Å². The largest absolute Gasteiger partial charge is 0.290 e. The number of fused-ring (bicyclic) bond motifs is 1. The summed E-state index contributed by atoms with van der Waals surface area (Å²) < 4.78 is 0. The van der Waals surface area contributed by atoms with E-state index in [4.69, 9.17) is 0 Å². The van der Waals surface area contributed by atoms with Crippen molar-refractivity contribution in [2.75, 3.05) is 0 Å². The highest BCUT2D eigenvalue weighted by molar-refractivity contribution is 5.83. The monoisotopic (exact) mass is 253 g/mol. The maximum absolute atomic E-state index is 4.65. The summed E-state index contributed by atoms with van der Waals surface area (Å²) in [6, 6.07) is 15.4. The van der Waals surface area contributed by atoms with Crippen LogP contribution in [0.5, 0.6) is 0 Å². The Morgan fingerprint density at radius 2 is 1.84 bits per heavy atom. The molecule has 0 radical (unpaired) electrons. The topological polar surface area (TPSA) is 12.4 Å². The molecule has 0 aromatic heterocycles. The fourth-order valence-corrected chi connectivity index (χ4v) is 2.27. The molecule has 2 rings (SSSR count). The van der Waals surface area contributed by atoms with Crippen molar-refractivity contribution in [2.45, 2.75) is 45.6 Å². The Morgan fingerprint density at radius 1 is 1.05 bits per heavy atom. The summed E-state index contributed by atoms with van der Waals surface area (Å²) >= 11 is 0. The normalized spacial score (nSPS) is 13.2. The number of unbranched alkanes of at least 4 members (excludes halogenated alkanes) is 3. The van der Waals surface area contributed by atoms with Gasteiger partial charge in [0, 0.05) is 0 Å². The van der Waals surface area contributed by atoms with Crippen molar-refractivity contribution in [1.82, 2.24) is 0 Å². The van der Waals surface area contributed by atoms with Crippen LogP contribution in [0, 0.1) is 0 Å². The summed E-state index contributed by atoms with van der Waals surface area (Å²) in [7, 11) is 0. The molecule has 1 heteroatoms. The predicted molar refractivity (Wildman–Crippen MR) is 85.0 cm³/mol. The van der Waals surface area contributed by atoms with Crippen LogP contribution in [0.25, 0.3) is 10.8 Å². The molecule has 2 aromatic carbocycles. The van der Waals surface area contributed by atoms with Gasteiger partial charge in [0.2, 0.25) is 0 Å². The van der Waals surface area contributed by atoms with E-state index in [2.05, 4.69) is 67.5 Å². The Labute approximate surface area is 116 Å². The molecule has 2 aromatic rings. The van der Waals surface area contributed by atoms with Gasteiger partial charge in [-0.3, -0.25) is 4.99 Å². The lowest BCUT2D eigenvalue weighted by molar-refractivity contribution is 0.740. The molecule has 1 nitrogen and oxygen atoms in total. The smallest absolute Gasteiger partial charge is 0.0717 e. The van der Waals surface area contributed by atoms with Crippen molar-refractivity contribution >= 4 is 17.0 Å². The van der Waals surface area contributed by atoms with E-state index in [-0.39, 0.29) is 6.04 Å². The van der Waals surface area contributed by atoms with Gasteiger partial charge in [-0.05, 0) is 48.4 Å². The highest BCUT2D eigenvalue weighted by Crippen LogP contribution is 2.22. The van der Waals surface area contributed by atoms with Gasteiger partial charge in [0.15, 0.2) is 0 Å². The number of aliphatic imine (C=N–C) groups is 1. The first-order chi connectivity index (χ1) is 9.31. The zero-order chi connectivity index (χ0) is 13.5. The number of benzene rings is 2. The van der Waals surface area contributed by atoms with E-state index in [9.17, 15) is 0 Å². The molecule has 0 heterocycles. The summed E-state index contributed by atoms with van der Waals surface area (Å²) in [5.74, 6) is 0. The van der Waals surface area contributed by atoms with Crippen molar-refractivity contribution in [2.24, 2.45) is 4.99 Å². The Kier molecular flexibility index (Phi) is 5.14. The molecule has 1 unspecified atom stereocenters. The van der Waals surface area contributed by atoms with Crippen molar-refractivity contribution in [3.8, 4) is 0 Å². The van der Waals surface area contributed by atoms with Crippen LogP contribution in [0.2, 0.25) is 0 Å². The van der Waals surface area contributed by atoms with E-state index >= 15 is 0 Å². The first-order valence-electron chi connectivity index (χ1n) is 7.31. The van der Waals surface area contributed by atoms with Crippen molar-refractivity contribution in [3.63, 3.8) is 0 Å². The predicted octanol–water partition coefficient (Wildman–Crippen LogP) is 5.55. The fraction of sp³-hybridized carbons (Fsp3) is 0.389. The molecule has 0 fully saturated rings. The van der Waals surface area contributed by atoms with Gasteiger partial charge in [-0.15, -0.1) is 0 Å². The highest BCUT2D eigenvalue weighted by atomic mass is 14.7. The summed E-state index contributed by atoms with van der Waals surface area (Å²) in [5.41, 5.74) is 1.30. The summed E-state index contributed by atoms with van der Waals surface area (Å²) in [6.07, 6.45) is 7.02. The molecule has 0 saturated carbocycles. The fourth-order valence-electron chi connectivity index (χ4n) is 2.27. The molecule has 19 heavy (non-hydrogen) atoms. The molecule has 0 amide bonds. The molecule has 0 N–H and O–H groups in total. The van der Waals surface area contributed by atoms with Crippen LogP contribution in [0.3, 0.4) is 0 Å². The molecule has 0 spiro atoms. The second-order valence-corrected chi connectivity index (χ2v) is 5.11. The van der Waals surface area contributed by atoms with Crippen LogP contribution in [0.15, 0.2) is 47.5 Å². The minimum Gasteiger partial charge on any atom is -0.290 e. The number of rotatable bonds is 6. The average molecular weight is 253 g/mol. The summed E-state index contributed by atoms with van der Waals surface area (Å²) in [5, 5.41) is 2.60. The van der Waals surface area contributed by atoms with Gasteiger partial charge in [-0.25, -0.2) is 0 Å². The molecular weight excluding hydrogens is 230 g/mol. The van der Waals surface area contributed by atoms with E-state index in [0.717, 1.165) is 6.42 Å². The zero-order valence-electron chi connectivity index (χ0n) is 12.0. The second-order valence-electron chi connectivity index (χ2n) is 5.11. The maximum atomic E-state index is 4.65. The molecular formula is C18H23N. The molecule has 0 bridgehead atoms. The molecule has 100 valence electrons. The first-order valence-corrected chi connectivity index (χ1v) is 7.31. The summed E-state index contributed by atoms with van der Waals surface area (Å²) in [4.78, 5) is 4.65. The molecule has 0 aliphatic carbocycles. The lowest BCUT2D eigenvalue weighted by atomic mass is 10.0. The number of nitrogens with zero attached hydrogens (tertiary/aromatic N) is 1. The van der Waals surface area contributed by atoms with E-state index in [1.54, 1.807) is 0 Å². The minimum absolute atomic E-state index is 0.256. The van der Waals surface area contributed by atoms with Gasteiger partial charge in [-0.2, -0.15) is 0 Å². The van der Waals surface area contributed by atoms with Gasteiger partial charge >= 0.3 is 0 Å². The molecule has 0 saturated heterocycles. The molecule has 0 aliphatic rings. The number of hydrogen-bond donors (Lipinski definition) is 0. The Balaban J connectivity index is 2.02. The van der Waals surface area contributed by atoms with Crippen molar-refractivity contribution in [3.05, 3.63) is 48.0 Å². The third kappa shape index (κ3) is 3.92. The summed E-state index contributed by atoms with van der Waals surface area (Å²) in [6.45, 7) is 4.40. The SMILES string of the molecule is CCCCC/C=N/C(C)c1ccc2ccccc2c1. The third-order valence-corrected chi connectivity index (χ3v) is 3.52. The van der Waals surface area contributed by atoms with Crippen LogP contribution in [-0.2, 0) is 0 Å². The van der Waals surface area contributed by atoms with Crippen LogP contribution < -0.4 is 0 Å².